The molecule has 0 saturated heterocycles. The minimum atomic E-state index is -0.228. The Hall–Kier alpha value is -1.47. The van der Waals surface area contributed by atoms with Crippen molar-refractivity contribution in [2.45, 2.75) is 26.7 Å². The van der Waals surface area contributed by atoms with Crippen molar-refractivity contribution < 1.29 is 4.79 Å². The zero-order valence-corrected chi connectivity index (χ0v) is 14.3. The van der Waals surface area contributed by atoms with Gasteiger partial charge < -0.3 is 10.6 Å². The fraction of sp³-hybridized carbons (Fsp3) is 0.357. The topological polar surface area (TPSA) is 66.9 Å². The van der Waals surface area contributed by atoms with Crippen LogP contribution in [0.25, 0.3) is 0 Å². The highest BCUT2D eigenvalue weighted by atomic mass is 79.9. The van der Waals surface area contributed by atoms with Crippen LogP contribution in [0.1, 0.15) is 35.6 Å². The largest absolute Gasteiger partial charge is 0.360 e. The maximum absolute atomic E-state index is 12.2. The lowest BCUT2D eigenvalue weighted by molar-refractivity contribution is 0.102. The molecule has 0 bridgehead atoms. The lowest BCUT2D eigenvalue weighted by Crippen LogP contribution is -2.13. The Morgan fingerprint density at radius 2 is 2.14 bits per heavy atom. The smallest absolute Gasteiger partial charge is 0.286 e. The Balaban J connectivity index is 2.09. The molecular formula is C14H17BrN4OS. The molecule has 0 aliphatic rings. The Morgan fingerprint density at radius 3 is 2.86 bits per heavy atom. The molecule has 0 aliphatic heterocycles. The molecule has 2 N–H and O–H groups in total. The van der Waals surface area contributed by atoms with Crippen LogP contribution in [0.15, 0.2) is 22.7 Å². The van der Waals surface area contributed by atoms with Gasteiger partial charge in [0.2, 0.25) is 10.1 Å². The first-order chi connectivity index (χ1) is 10.1. The molecule has 1 aromatic carbocycles. The number of rotatable bonds is 6. The zero-order valence-electron chi connectivity index (χ0n) is 11.9. The summed E-state index contributed by atoms with van der Waals surface area (Å²) in [4.78, 5) is 12.2. The molecular weight excluding hydrogens is 352 g/mol. The average Bonchev–Trinajstić information content (AvgIpc) is 2.95. The number of aryl methyl sites for hydroxylation is 1. The Labute approximate surface area is 136 Å². The van der Waals surface area contributed by atoms with Gasteiger partial charge in [0, 0.05) is 16.7 Å². The van der Waals surface area contributed by atoms with Gasteiger partial charge in [0.25, 0.3) is 5.91 Å². The lowest BCUT2D eigenvalue weighted by atomic mass is 10.1. The van der Waals surface area contributed by atoms with Gasteiger partial charge in [-0.05, 0) is 36.6 Å². The number of halogens is 1. The summed E-state index contributed by atoms with van der Waals surface area (Å²) in [5.41, 5.74) is 1.88. The summed E-state index contributed by atoms with van der Waals surface area (Å²) in [5.74, 6) is -0.228. The fourth-order valence-corrected chi connectivity index (χ4v) is 2.84. The fourth-order valence-electron chi connectivity index (χ4n) is 1.77. The van der Waals surface area contributed by atoms with Crippen LogP contribution < -0.4 is 10.6 Å². The third kappa shape index (κ3) is 4.25. The van der Waals surface area contributed by atoms with Crippen molar-refractivity contribution in [3.05, 3.63) is 33.2 Å². The second-order valence-corrected chi connectivity index (χ2v) is 6.34. The van der Waals surface area contributed by atoms with Crippen LogP contribution in [0.2, 0.25) is 0 Å². The number of anilines is 2. The van der Waals surface area contributed by atoms with Gasteiger partial charge in [0.1, 0.15) is 0 Å². The van der Waals surface area contributed by atoms with E-state index in [0.717, 1.165) is 35.1 Å². The maximum Gasteiger partial charge on any atom is 0.286 e. The lowest BCUT2D eigenvalue weighted by Gasteiger charge is -2.08. The molecule has 5 nitrogen and oxygen atoms in total. The van der Waals surface area contributed by atoms with Crippen molar-refractivity contribution in [1.29, 1.82) is 0 Å². The van der Waals surface area contributed by atoms with Crippen LogP contribution in [-0.4, -0.2) is 22.6 Å². The van der Waals surface area contributed by atoms with Crippen LogP contribution >= 0.6 is 27.3 Å². The normalized spacial score (nSPS) is 10.4. The Morgan fingerprint density at radius 1 is 1.33 bits per heavy atom. The predicted octanol–water partition coefficient (Wildman–Crippen LogP) is 3.94. The molecule has 0 unspecified atom stereocenters. The Kier molecular flexibility index (Phi) is 5.69. The summed E-state index contributed by atoms with van der Waals surface area (Å²) in [6.07, 6.45) is 1.84. The molecule has 0 fully saturated rings. The summed E-state index contributed by atoms with van der Waals surface area (Å²) < 4.78 is 0.999. The third-order valence-corrected chi connectivity index (χ3v) is 4.21. The van der Waals surface area contributed by atoms with E-state index in [-0.39, 0.29) is 5.91 Å². The van der Waals surface area contributed by atoms with Crippen LogP contribution in [0.4, 0.5) is 10.8 Å². The van der Waals surface area contributed by atoms with E-state index < -0.39 is 0 Å². The molecule has 2 rings (SSSR count). The number of hydrogen-bond donors (Lipinski definition) is 2. The van der Waals surface area contributed by atoms with Crippen LogP contribution in [0.5, 0.6) is 0 Å². The van der Waals surface area contributed by atoms with Crippen LogP contribution in [-0.2, 0) is 6.42 Å². The molecule has 0 aliphatic carbocycles. The van der Waals surface area contributed by atoms with Crippen molar-refractivity contribution in [3.63, 3.8) is 0 Å². The standard InChI is InChI=1S/C14H17BrN4OS/c1-3-7-16-14-19-18-13(21-14)12(20)17-11-6-5-10(15)8-9(11)4-2/h5-6,8H,3-4,7H2,1-2H3,(H,16,19)(H,17,20). The highest BCUT2D eigenvalue weighted by molar-refractivity contribution is 9.10. The minimum absolute atomic E-state index is 0.228. The van der Waals surface area contributed by atoms with Crippen LogP contribution in [0, 0.1) is 0 Å². The number of amides is 1. The van der Waals surface area contributed by atoms with Gasteiger partial charge in [-0.2, -0.15) is 0 Å². The summed E-state index contributed by atoms with van der Waals surface area (Å²) >= 11 is 4.70. The average molecular weight is 369 g/mol. The van der Waals surface area contributed by atoms with Crippen molar-refractivity contribution in [1.82, 2.24) is 10.2 Å². The van der Waals surface area contributed by atoms with Crippen molar-refractivity contribution in [3.8, 4) is 0 Å². The van der Waals surface area contributed by atoms with Gasteiger partial charge in [-0.1, -0.05) is 41.1 Å². The first-order valence-corrected chi connectivity index (χ1v) is 8.42. The van der Waals surface area contributed by atoms with Gasteiger partial charge in [-0.3, -0.25) is 4.79 Å². The van der Waals surface area contributed by atoms with Crippen LogP contribution in [0.3, 0.4) is 0 Å². The van der Waals surface area contributed by atoms with Gasteiger partial charge >= 0.3 is 0 Å². The van der Waals surface area contributed by atoms with E-state index >= 15 is 0 Å². The number of aromatic nitrogens is 2. The predicted molar refractivity (Wildman–Crippen MR) is 90.2 cm³/mol. The van der Waals surface area contributed by atoms with Gasteiger partial charge in [-0.25, -0.2) is 0 Å². The number of nitrogens with one attached hydrogen (secondary N) is 2. The molecule has 0 saturated carbocycles. The molecule has 112 valence electrons. The van der Waals surface area contributed by atoms with Crippen molar-refractivity contribution >= 4 is 44.0 Å². The summed E-state index contributed by atoms with van der Waals surface area (Å²) in [6, 6.07) is 5.80. The maximum atomic E-state index is 12.2. The number of carbonyl (C=O) groups is 1. The second kappa shape index (κ2) is 7.51. The molecule has 7 heteroatoms. The van der Waals surface area contributed by atoms with E-state index in [2.05, 4.69) is 50.6 Å². The van der Waals surface area contributed by atoms with E-state index in [4.69, 9.17) is 0 Å². The van der Waals surface area contributed by atoms with Crippen molar-refractivity contribution in [2.75, 3.05) is 17.2 Å². The second-order valence-electron chi connectivity index (χ2n) is 4.45. The molecule has 21 heavy (non-hydrogen) atoms. The number of benzene rings is 1. The van der Waals surface area contributed by atoms with Gasteiger partial charge in [-0.15, -0.1) is 10.2 Å². The van der Waals surface area contributed by atoms with E-state index in [1.54, 1.807) is 0 Å². The first kappa shape index (κ1) is 15.9. The van der Waals surface area contributed by atoms with E-state index in [1.165, 1.54) is 11.3 Å². The van der Waals surface area contributed by atoms with Gasteiger partial charge in [0.15, 0.2) is 0 Å². The van der Waals surface area contributed by atoms with E-state index in [9.17, 15) is 4.79 Å². The monoisotopic (exact) mass is 368 g/mol. The zero-order chi connectivity index (χ0) is 15.2. The van der Waals surface area contributed by atoms with E-state index in [1.807, 2.05) is 18.2 Å². The summed E-state index contributed by atoms with van der Waals surface area (Å²) in [6.45, 7) is 4.94. The SMILES string of the molecule is CCCNc1nnc(C(=O)Nc2ccc(Br)cc2CC)s1. The first-order valence-electron chi connectivity index (χ1n) is 6.81. The molecule has 0 atom stereocenters. The molecule has 2 aromatic rings. The molecule has 1 amide bonds. The number of hydrogen-bond acceptors (Lipinski definition) is 5. The summed E-state index contributed by atoms with van der Waals surface area (Å²) in [7, 11) is 0. The molecule has 1 heterocycles. The highest BCUT2D eigenvalue weighted by Crippen LogP contribution is 2.23. The Bertz CT molecular complexity index is 629. The molecule has 1 aromatic heterocycles. The molecule has 0 radical (unpaired) electrons. The quantitative estimate of drug-likeness (QED) is 0.810. The van der Waals surface area contributed by atoms with E-state index in [0.29, 0.717) is 10.1 Å². The molecule has 0 spiro atoms. The minimum Gasteiger partial charge on any atom is -0.360 e. The van der Waals surface area contributed by atoms with Gasteiger partial charge in [0.05, 0.1) is 0 Å². The summed E-state index contributed by atoms with van der Waals surface area (Å²) in [5, 5.41) is 14.9. The number of carbonyl (C=O) groups excluding carboxylic acids is 1. The third-order valence-electron chi connectivity index (χ3n) is 2.84. The number of nitrogens with zero attached hydrogens (tertiary/aromatic N) is 2. The highest BCUT2D eigenvalue weighted by Gasteiger charge is 2.14. The van der Waals surface area contributed by atoms with Crippen molar-refractivity contribution in [2.24, 2.45) is 0 Å².